The van der Waals surface area contributed by atoms with E-state index in [0.29, 0.717) is 19.3 Å². The first-order chi connectivity index (χ1) is 22.3. The van der Waals surface area contributed by atoms with E-state index in [1.807, 2.05) is 0 Å². The van der Waals surface area contributed by atoms with E-state index in [4.69, 9.17) is 24.1 Å². The Morgan fingerprint density at radius 3 is 1.11 bits per heavy atom. The molecule has 0 aromatic heterocycles. The topological polar surface area (TPSA) is 146 Å². The van der Waals surface area contributed by atoms with Gasteiger partial charge in [0, 0.05) is 25.7 Å². The molecule has 0 heterocycles. The van der Waals surface area contributed by atoms with E-state index in [2.05, 4.69) is 13.8 Å². The molecule has 2 unspecified atom stereocenters. The number of esters is 4. The van der Waals surface area contributed by atoms with Crippen LogP contribution in [-0.4, -0.2) is 72.7 Å². The zero-order valence-corrected chi connectivity index (χ0v) is 29.1. The normalized spacial score (nSPS) is 12.3. The van der Waals surface area contributed by atoms with Crippen LogP contribution in [0.25, 0.3) is 0 Å². The second-order valence-corrected chi connectivity index (χ2v) is 12.4. The number of carbonyl (C=O) groups excluding carboxylic acids is 4. The summed E-state index contributed by atoms with van der Waals surface area (Å²) in [6.45, 7) is 3.47. The van der Waals surface area contributed by atoms with Crippen molar-refractivity contribution in [3.63, 3.8) is 0 Å². The third-order valence-electron chi connectivity index (χ3n) is 7.79. The summed E-state index contributed by atoms with van der Waals surface area (Å²) in [5, 5.41) is 17.9. The molecule has 10 nitrogen and oxygen atoms in total. The Kier molecular flexibility index (Phi) is 31.2. The van der Waals surface area contributed by atoms with Crippen molar-refractivity contribution in [1.82, 2.24) is 0 Å². The number of hydrogen-bond donors (Lipinski definition) is 2. The van der Waals surface area contributed by atoms with E-state index in [1.165, 1.54) is 51.4 Å². The summed E-state index contributed by atoms with van der Waals surface area (Å²) in [5.74, 6) is -1.46. The maximum absolute atomic E-state index is 12.5. The molecule has 0 aliphatic rings. The maximum Gasteiger partial charge on any atom is 0.306 e. The van der Waals surface area contributed by atoms with E-state index in [1.54, 1.807) is 0 Å². The first kappa shape index (κ1) is 43.8. The van der Waals surface area contributed by atoms with Gasteiger partial charge in [0.1, 0.15) is 25.9 Å². The molecule has 0 spiro atoms. The molecule has 0 aliphatic carbocycles. The van der Waals surface area contributed by atoms with Crippen LogP contribution in [0, 0.1) is 0 Å². The number of aliphatic hydroxyl groups excluding tert-OH is 2. The van der Waals surface area contributed by atoms with Gasteiger partial charge in [-0.1, -0.05) is 117 Å². The molecule has 0 saturated heterocycles. The molecule has 10 heteroatoms. The van der Waals surface area contributed by atoms with Crippen LogP contribution in [0.1, 0.15) is 168 Å². The molecule has 0 bridgehead atoms. The van der Waals surface area contributed by atoms with Crippen molar-refractivity contribution in [1.29, 1.82) is 0 Å². The number of hydrogen-bond acceptors (Lipinski definition) is 10. The van der Waals surface area contributed by atoms with Crippen LogP contribution in [-0.2, 0) is 38.1 Å². The van der Waals surface area contributed by atoms with Crippen molar-refractivity contribution < 1.29 is 48.3 Å². The third-order valence-corrected chi connectivity index (χ3v) is 7.79. The van der Waals surface area contributed by atoms with Gasteiger partial charge in [-0.2, -0.15) is 0 Å². The van der Waals surface area contributed by atoms with Gasteiger partial charge in [0.05, 0.1) is 6.61 Å². The highest BCUT2D eigenvalue weighted by atomic mass is 16.6. The quantitative estimate of drug-likeness (QED) is 0.0419. The highest BCUT2D eigenvalue weighted by Crippen LogP contribution is 2.13. The summed E-state index contributed by atoms with van der Waals surface area (Å²) < 4.78 is 21.2. The summed E-state index contributed by atoms with van der Waals surface area (Å²) >= 11 is 0. The second kappa shape index (κ2) is 32.7. The first-order valence-electron chi connectivity index (χ1n) is 18.3. The van der Waals surface area contributed by atoms with Crippen molar-refractivity contribution in [2.45, 2.75) is 180 Å². The van der Waals surface area contributed by atoms with Gasteiger partial charge in [-0.3, -0.25) is 19.2 Å². The zero-order chi connectivity index (χ0) is 34.1. The molecular weight excluding hydrogens is 592 g/mol. The minimum absolute atomic E-state index is 0.124. The summed E-state index contributed by atoms with van der Waals surface area (Å²) in [6, 6.07) is 0. The van der Waals surface area contributed by atoms with Crippen molar-refractivity contribution >= 4 is 23.9 Å². The Labute approximate surface area is 278 Å². The van der Waals surface area contributed by atoms with Crippen LogP contribution < -0.4 is 0 Å². The van der Waals surface area contributed by atoms with E-state index < -0.39 is 18.8 Å². The molecule has 0 aromatic rings. The lowest BCUT2D eigenvalue weighted by Gasteiger charge is -2.18. The largest absolute Gasteiger partial charge is 0.463 e. The van der Waals surface area contributed by atoms with Crippen LogP contribution in [0.15, 0.2) is 0 Å². The van der Waals surface area contributed by atoms with E-state index in [-0.39, 0.29) is 63.0 Å². The van der Waals surface area contributed by atoms with Crippen molar-refractivity contribution in [3.05, 3.63) is 0 Å². The lowest BCUT2D eigenvalue weighted by atomic mass is 10.1. The van der Waals surface area contributed by atoms with Gasteiger partial charge in [-0.25, -0.2) is 0 Å². The molecule has 2 atom stereocenters. The first-order valence-corrected chi connectivity index (χ1v) is 18.3. The molecule has 46 heavy (non-hydrogen) atoms. The van der Waals surface area contributed by atoms with Gasteiger partial charge in [0.2, 0.25) is 0 Å². The van der Waals surface area contributed by atoms with Crippen LogP contribution in [0.2, 0.25) is 0 Å². The van der Waals surface area contributed by atoms with Crippen molar-refractivity contribution in [3.8, 4) is 0 Å². The highest BCUT2D eigenvalue weighted by Gasteiger charge is 2.19. The van der Waals surface area contributed by atoms with Gasteiger partial charge in [0.15, 0.2) is 6.10 Å². The molecule has 2 N–H and O–H groups in total. The number of carbonyl (C=O) groups is 4. The Bertz CT molecular complexity index is 757. The number of aliphatic hydroxyl groups is 2. The molecule has 0 fully saturated rings. The molecule has 0 radical (unpaired) electrons. The van der Waals surface area contributed by atoms with Crippen LogP contribution in [0.3, 0.4) is 0 Å². The molecule has 0 aliphatic heterocycles. The van der Waals surface area contributed by atoms with Gasteiger partial charge >= 0.3 is 23.9 Å². The van der Waals surface area contributed by atoms with Gasteiger partial charge in [-0.05, 0) is 25.7 Å². The summed E-state index contributed by atoms with van der Waals surface area (Å²) in [5.41, 5.74) is 0. The lowest BCUT2D eigenvalue weighted by Crippen LogP contribution is -2.30. The van der Waals surface area contributed by atoms with Crippen molar-refractivity contribution in [2.75, 3.05) is 26.4 Å². The average molecular weight is 659 g/mol. The predicted molar refractivity (Wildman–Crippen MR) is 178 cm³/mol. The Hall–Kier alpha value is -2.20. The SMILES string of the molecule is CCCCCCCCCC(=O)OCC(COC(=O)CCCCCCCCC(=O)OCC(O)CO)OC(=O)CCCCCCCCC. The fourth-order valence-corrected chi connectivity index (χ4v) is 4.89. The predicted octanol–water partition coefficient (Wildman–Crippen LogP) is 7.28. The van der Waals surface area contributed by atoms with E-state index in [9.17, 15) is 24.3 Å². The van der Waals surface area contributed by atoms with Crippen molar-refractivity contribution in [2.24, 2.45) is 0 Å². The number of ether oxygens (including phenoxy) is 4. The summed E-state index contributed by atoms with van der Waals surface area (Å²) in [7, 11) is 0. The lowest BCUT2D eigenvalue weighted by molar-refractivity contribution is -0.167. The van der Waals surface area contributed by atoms with E-state index in [0.717, 1.165) is 64.2 Å². The molecule has 0 rings (SSSR count). The maximum atomic E-state index is 12.5. The Morgan fingerprint density at radius 2 is 0.761 bits per heavy atom. The molecule has 0 saturated carbocycles. The molecular formula is C36H66O10. The average Bonchev–Trinajstić information content (AvgIpc) is 3.05. The van der Waals surface area contributed by atoms with Crippen LogP contribution in [0.4, 0.5) is 0 Å². The number of rotatable bonds is 33. The standard InChI is InChI=1S/C36H66O10/c1-3-5-7-9-11-15-20-24-34(40)44-29-32(46-36(42)26-22-18-12-10-8-6-4-2)30-45-35(41)25-21-17-14-13-16-19-23-33(39)43-28-31(38)27-37/h31-32,37-38H,3-30H2,1-2H3. The summed E-state index contributed by atoms with van der Waals surface area (Å²) in [4.78, 5) is 48.7. The van der Waals surface area contributed by atoms with Crippen LogP contribution in [0.5, 0.6) is 0 Å². The molecule has 0 aromatic carbocycles. The van der Waals surface area contributed by atoms with Gasteiger partial charge in [-0.15, -0.1) is 0 Å². The minimum atomic E-state index is -1.04. The van der Waals surface area contributed by atoms with E-state index >= 15 is 0 Å². The van der Waals surface area contributed by atoms with Gasteiger partial charge < -0.3 is 29.2 Å². The zero-order valence-electron chi connectivity index (χ0n) is 29.1. The summed E-state index contributed by atoms with van der Waals surface area (Å²) in [6.07, 6.45) is 19.5. The fourth-order valence-electron chi connectivity index (χ4n) is 4.89. The fraction of sp³-hybridized carbons (Fsp3) is 0.889. The monoisotopic (exact) mass is 658 g/mol. The Balaban J connectivity index is 4.33. The van der Waals surface area contributed by atoms with Crippen LogP contribution >= 0.6 is 0 Å². The Morgan fingerprint density at radius 1 is 0.457 bits per heavy atom. The molecule has 270 valence electrons. The molecule has 0 amide bonds. The smallest absolute Gasteiger partial charge is 0.306 e. The number of unbranched alkanes of at least 4 members (excludes halogenated alkanes) is 17. The third kappa shape index (κ3) is 30.5. The highest BCUT2D eigenvalue weighted by molar-refractivity contribution is 5.71. The second-order valence-electron chi connectivity index (χ2n) is 12.4. The van der Waals surface area contributed by atoms with Gasteiger partial charge in [0.25, 0.3) is 0 Å². The minimum Gasteiger partial charge on any atom is -0.463 e.